The Morgan fingerprint density at radius 3 is 2.63 bits per heavy atom. The number of nitro benzene ring substituents is 1. The average Bonchev–Trinajstić information content (AvgIpc) is 3.51. The van der Waals surface area contributed by atoms with Gasteiger partial charge >= 0.3 is 0 Å². The molecule has 0 bridgehead atoms. The Bertz CT molecular complexity index is 863. The lowest BCUT2D eigenvalue weighted by Gasteiger charge is -2.35. The van der Waals surface area contributed by atoms with E-state index in [1.54, 1.807) is 18.2 Å². The van der Waals surface area contributed by atoms with Crippen LogP contribution in [0.15, 0.2) is 48.5 Å². The van der Waals surface area contributed by atoms with Crippen LogP contribution in [0.3, 0.4) is 0 Å². The quantitative estimate of drug-likeness (QED) is 0.618. The van der Waals surface area contributed by atoms with Gasteiger partial charge in [0.25, 0.3) is 5.69 Å². The normalized spacial score (nSPS) is 18.8. The molecule has 0 aromatic heterocycles. The van der Waals surface area contributed by atoms with E-state index in [1.165, 1.54) is 17.2 Å². The summed E-state index contributed by atoms with van der Waals surface area (Å²) in [5.41, 5.74) is 2.88. The van der Waals surface area contributed by atoms with Crippen LogP contribution >= 0.6 is 0 Å². The van der Waals surface area contributed by atoms with Crippen LogP contribution in [0.1, 0.15) is 42.9 Å². The van der Waals surface area contributed by atoms with E-state index < -0.39 is 4.92 Å². The molecule has 1 N–H and O–H groups in total. The van der Waals surface area contributed by atoms with E-state index in [1.807, 2.05) is 0 Å². The lowest BCUT2D eigenvalue weighted by atomic mass is 9.86. The largest absolute Gasteiger partial charge is 0.319 e. The van der Waals surface area contributed by atoms with Gasteiger partial charge in [0.05, 0.1) is 11.5 Å². The van der Waals surface area contributed by atoms with E-state index in [-0.39, 0.29) is 29.9 Å². The summed E-state index contributed by atoms with van der Waals surface area (Å²) < 4.78 is 0. The summed E-state index contributed by atoms with van der Waals surface area (Å²) in [4.78, 5) is 25.7. The molecule has 2 aromatic carbocycles. The van der Waals surface area contributed by atoms with Gasteiger partial charge in [-0.05, 0) is 49.3 Å². The smallest absolute Gasteiger partial charge is 0.292 e. The highest BCUT2D eigenvalue weighted by molar-refractivity contribution is 5.94. The highest BCUT2D eigenvalue weighted by atomic mass is 16.6. The summed E-state index contributed by atoms with van der Waals surface area (Å²) >= 11 is 0. The van der Waals surface area contributed by atoms with E-state index >= 15 is 0 Å². The number of nitrogens with zero attached hydrogens (tertiary/aromatic N) is 2. The molecule has 0 saturated heterocycles. The second-order valence-corrected chi connectivity index (χ2v) is 7.33. The second-order valence-electron chi connectivity index (χ2n) is 7.33. The van der Waals surface area contributed by atoms with Crippen LogP contribution in [0.5, 0.6) is 0 Å². The Morgan fingerprint density at radius 2 is 1.85 bits per heavy atom. The molecule has 6 nitrogen and oxygen atoms in total. The predicted octanol–water partition coefficient (Wildman–Crippen LogP) is 4.08. The third-order valence-corrected chi connectivity index (χ3v) is 5.46. The van der Waals surface area contributed by atoms with Gasteiger partial charge in [-0.3, -0.25) is 19.8 Å². The first kappa shape index (κ1) is 17.7. The van der Waals surface area contributed by atoms with Crippen molar-refractivity contribution in [3.05, 3.63) is 69.8 Å². The number of fused-ring (bicyclic) bond motifs is 1. The molecule has 0 unspecified atom stereocenters. The molecule has 4 rings (SSSR count). The first-order chi connectivity index (χ1) is 13.1. The van der Waals surface area contributed by atoms with E-state index in [4.69, 9.17) is 0 Å². The van der Waals surface area contributed by atoms with Crippen molar-refractivity contribution in [1.29, 1.82) is 0 Å². The monoisotopic (exact) mass is 365 g/mol. The number of nitrogens with one attached hydrogen (secondary N) is 1. The van der Waals surface area contributed by atoms with Crippen molar-refractivity contribution in [3.63, 3.8) is 0 Å². The minimum atomic E-state index is -0.467. The maximum atomic E-state index is 12.7. The number of aryl methyl sites for hydroxylation is 1. The molecule has 0 radical (unpaired) electrons. The standard InChI is InChI=1S/C21H23N3O3/c25-21(22-18-9-3-4-10-20(18)24(26)27)14-23(16-12-13-16)19-11-5-7-15-6-1-2-8-17(15)19/h1-4,6,8-10,16,19H,5,7,11-14H2,(H,22,25)/t19-/m1/s1. The van der Waals surface area contributed by atoms with Gasteiger partial charge in [0.2, 0.25) is 5.91 Å². The number of amides is 1. The SMILES string of the molecule is O=C(CN(C1CC1)[C@@H]1CCCc2ccccc21)Nc1ccccc1[N+](=O)[O-]. The van der Waals surface area contributed by atoms with Crippen molar-refractivity contribution in [3.8, 4) is 0 Å². The Hall–Kier alpha value is -2.73. The third-order valence-electron chi connectivity index (χ3n) is 5.46. The Morgan fingerprint density at radius 1 is 1.11 bits per heavy atom. The van der Waals surface area contributed by atoms with E-state index in [2.05, 4.69) is 34.5 Å². The number of hydrogen-bond donors (Lipinski definition) is 1. The average molecular weight is 365 g/mol. The number of para-hydroxylation sites is 2. The zero-order valence-corrected chi connectivity index (χ0v) is 15.1. The highest BCUT2D eigenvalue weighted by Gasteiger charge is 2.37. The summed E-state index contributed by atoms with van der Waals surface area (Å²) in [5.74, 6) is -0.195. The van der Waals surface area contributed by atoms with Crippen molar-refractivity contribution < 1.29 is 9.72 Å². The Kier molecular flexibility index (Phi) is 4.90. The predicted molar refractivity (Wildman–Crippen MR) is 104 cm³/mol. The topological polar surface area (TPSA) is 75.5 Å². The van der Waals surface area contributed by atoms with Gasteiger partial charge in [0.15, 0.2) is 0 Å². The minimum absolute atomic E-state index is 0.0770. The lowest BCUT2D eigenvalue weighted by molar-refractivity contribution is -0.383. The number of carbonyl (C=O) groups is 1. The number of carbonyl (C=O) groups excluding carboxylic acids is 1. The van der Waals surface area contributed by atoms with Crippen LogP contribution in [0.2, 0.25) is 0 Å². The molecule has 1 atom stereocenters. The minimum Gasteiger partial charge on any atom is -0.319 e. The van der Waals surface area contributed by atoms with Crippen LogP contribution in [-0.2, 0) is 11.2 Å². The number of nitro groups is 1. The molecule has 6 heteroatoms. The van der Waals surface area contributed by atoms with E-state index in [0.717, 1.165) is 32.1 Å². The van der Waals surface area contributed by atoms with Gasteiger partial charge in [-0.15, -0.1) is 0 Å². The zero-order chi connectivity index (χ0) is 18.8. The zero-order valence-electron chi connectivity index (χ0n) is 15.1. The maximum Gasteiger partial charge on any atom is 0.292 e. The molecular weight excluding hydrogens is 342 g/mol. The lowest BCUT2D eigenvalue weighted by Crippen LogP contribution is -2.39. The molecule has 0 aliphatic heterocycles. The summed E-state index contributed by atoms with van der Waals surface area (Å²) in [7, 11) is 0. The molecule has 1 amide bonds. The van der Waals surface area contributed by atoms with Crippen molar-refractivity contribution >= 4 is 17.3 Å². The number of benzene rings is 2. The molecule has 0 heterocycles. The molecule has 2 aromatic rings. The van der Waals surface area contributed by atoms with E-state index in [9.17, 15) is 14.9 Å². The fourth-order valence-corrected chi connectivity index (χ4v) is 4.07. The van der Waals surface area contributed by atoms with Gasteiger partial charge < -0.3 is 5.32 Å². The van der Waals surface area contributed by atoms with E-state index in [0.29, 0.717) is 6.04 Å². The first-order valence-electron chi connectivity index (χ1n) is 9.50. The summed E-state index contributed by atoms with van der Waals surface area (Å²) in [6.45, 7) is 0.260. The van der Waals surface area contributed by atoms with Gasteiger partial charge in [-0.1, -0.05) is 36.4 Å². The van der Waals surface area contributed by atoms with Crippen LogP contribution < -0.4 is 5.32 Å². The van der Waals surface area contributed by atoms with Crippen molar-refractivity contribution in [1.82, 2.24) is 4.90 Å². The first-order valence-corrected chi connectivity index (χ1v) is 9.50. The molecule has 0 spiro atoms. The molecule has 27 heavy (non-hydrogen) atoms. The van der Waals surface area contributed by atoms with Crippen LogP contribution in [0.4, 0.5) is 11.4 Å². The highest BCUT2D eigenvalue weighted by Crippen LogP contribution is 2.40. The number of anilines is 1. The molecular formula is C21H23N3O3. The Balaban J connectivity index is 1.52. The van der Waals surface area contributed by atoms with Crippen LogP contribution in [0, 0.1) is 10.1 Å². The van der Waals surface area contributed by atoms with Gasteiger partial charge in [0.1, 0.15) is 5.69 Å². The van der Waals surface area contributed by atoms with Crippen LogP contribution in [-0.4, -0.2) is 28.3 Å². The van der Waals surface area contributed by atoms with Crippen molar-refractivity contribution in [2.45, 2.75) is 44.2 Å². The fourth-order valence-electron chi connectivity index (χ4n) is 4.07. The summed E-state index contributed by atoms with van der Waals surface area (Å²) in [5, 5.41) is 13.9. The number of hydrogen-bond acceptors (Lipinski definition) is 4. The van der Waals surface area contributed by atoms with Gasteiger partial charge in [0, 0.05) is 18.2 Å². The summed E-state index contributed by atoms with van der Waals surface area (Å²) in [6, 6.07) is 15.5. The number of rotatable bonds is 6. The maximum absolute atomic E-state index is 12.7. The van der Waals surface area contributed by atoms with Crippen molar-refractivity contribution in [2.75, 3.05) is 11.9 Å². The molecule has 2 aliphatic rings. The van der Waals surface area contributed by atoms with Crippen molar-refractivity contribution in [2.24, 2.45) is 0 Å². The second kappa shape index (κ2) is 7.48. The molecule has 1 saturated carbocycles. The summed E-state index contributed by atoms with van der Waals surface area (Å²) in [6.07, 6.45) is 5.48. The molecule has 1 fully saturated rings. The van der Waals surface area contributed by atoms with Crippen LogP contribution in [0.25, 0.3) is 0 Å². The van der Waals surface area contributed by atoms with Gasteiger partial charge in [-0.2, -0.15) is 0 Å². The van der Waals surface area contributed by atoms with Gasteiger partial charge in [-0.25, -0.2) is 0 Å². The fraction of sp³-hybridized carbons (Fsp3) is 0.381. The third kappa shape index (κ3) is 3.85. The molecule has 140 valence electrons. The molecule has 2 aliphatic carbocycles. The Labute approximate surface area is 158 Å².